The number of benzene rings is 1. The van der Waals surface area contributed by atoms with Gasteiger partial charge in [-0.15, -0.1) is 0 Å². The van der Waals surface area contributed by atoms with Crippen molar-refractivity contribution in [3.63, 3.8) is 0 Å². The number of amides is 1. The van der Waals surface area contributed by atoms with Gasteiger partial charge < -0.3 is 14.7 Å². The molecule has 0 unspecified atom stereocenters. The van der Waals surface area contributed by atoms with Crippen molar-refractivity contribution < 1.29 is 14.6 Å². The quantitative estimate of drug-likeness (QED) is 0.881. The van der Waals surface area contributed by atoms with Crippen LogP contribution in [0.25, 0.3) is 0 Å². The molecule has 138 valence electrons. The third kappa shape index (κ3) is 3.46. The fourth-order valence-electron chi connectivity index (χ4n) is 3.89. The van der Waals surface area contributed by atoms with Gasteiger partial charge in [0.05, 0.1) is 12.3 Å². The van der Waals surface area contributed by atoms with Crippen molar-refractivity contribution >= 4 is 5.91 Å². The van der Waals surface area contributed by atoms with Crippen LogP contribution in [0.5, 0.6) is 5.75 Å². The maximum atomic E-state index is 12.6. The molecule has 4 rings (SSSR count). The van der Waals surface area contributed by atoms with Crippen LogP contribution in [0.2, 0.25) is 0 Å². The normalized spacial score (nSPS) is 18.9. The predicted molar refractivity (Wildman–Crippen MR) is 96.9 cm³/mol. The van der Waals surface area contributed by atoms with Crippen LogP contribution in [-0.2, 0) is 23.2 Å². The lowest BCUT2D eigenvalue weighted by Gasteiger charge is -2.37. The molecule has 2 aliphatic rings. The van der Waals surface area contributed by atoms with E-state index in [0.29, 0.717) is 32.4 Å². The Morgan fingerprint density at radius 2 is 2.15 bits per heavy atom. The molecule has 26 heavy (non-hydrogen) atoms. The van der Waals surface area contributed by atoms with Crippen molar-refractivity contribution in [2.75, 3.05) is 19.7 Å². The standard InChI is InChI=1S/C20H25N3O3/c24-19(6-4-15-3-5-17-16(14-15)2-1-13-26-17)23-11-8-20(25,9-12-23)18-7-10-21-22-18/h3,5,7,10,14,25H,1-2,4,6,8-9,11-13H2,(H,21,22). The number of nitrogens with zero attached hydrogens (tertiary/aromatic N) is 2. The number of H-pyrrole nitrogens is 1. The van der Waals surface area contributed by atoms with E-state index >= 15 is 0 Å². The van der Waals surface area contributed by atoms with Crippen LogP contribution in [0, 0.1) is 0 Å². The molecule has 6 heteroatoms. The van der Waals surface area contributed by atoms with Crippen molar-refractivity contribution in [2.24, 2.45) is 0 Å². The van der Waals surface area contributed by atoms with Crippen LogP contribution in [0.1, 0.15) is 42.5 Å². The van der Waals surface area contributed by atoms with Gasteiger partial charge in [-0.2, -0.15) is 5.10 Å². The smallest absolute Gasteiger partial charge is 0.222 e. The van der Waals surface area contributed by atoms with Crippen molar-refractivity contribution in [2.45, 2.75) is 44.1 Å². The van der Waals surface area contributed by atoms with Crippen LogP contribution in [-0.4, -0.2) is 45.8 Å². The maximum absolute atomic E-state index is 12.6. The minimum Gasteiger partial charge on any atom is -0.493 e. The Labute approximate surface area is 153 Å². The Morgan fingerprint density at radius 3 is 2.92 bits per heavy atom. The Balaban J connectivity index is 1.31. The Hall–Kier alpha value is -2.34. The van der Waals surface area contributed by atoms with Gasteiger partial charge in [-0.05, 0) is 55.4 Å². The molecule has 0 saturated carbocycles. The molecule has 1 aromatic carbocycles. The molecule has 1 fully saturated rings. The van der Waals surface area contributed by atoms with Gasteiger partial charge in [0.25, 0.3) is 0 Å². The fraction of sp³-hybridized carbons (Fsp3) is 0.500. The number of ether oxygens (including phenoxy) is 1. The van der Waals surface area contributed by atoms with E-state index in [-0.39, 0.29) is 5.91 Å². The number of fused-ring (bicyclic) bond motifs is 1. The first-order chi connectivity index (χ1) is 12.6. The number of likely N-dealkylation sites (tertiary alicyclic amines) is 1. The van der Waals surface area contributed by atoms with Crippen LogP contribution in [0.4, 0.5) is 0 Å². The molecule has 2 aromatic rings. The predicted octanol–water partition coefficient (Wildman–Crippen LogP) is 2.18. The van der Waals surface area contributed by atoms with E-state index in [4.69, 9.17) is 4.74 Å². The molecule has 0 atom stereocenters. The number of hydrogen-bond donors (Lipinski definition) is 2. The minimum atomic E-state index is -0.897. The van der Waals surface area contributed by atoms with E-state index in [1.54, 1.807) is 12.3 Å². The molecular weight excluding hydrogens is 330 g/mol. The zero-order valence-electron chi connectivity index (χ0n) is 14.9. The largest absolute Gasteiger partial charge is 0.493 e. The molecule has 6 nitrogen and oxygen atoms in total. The second-order valence-electron chi connectivity index (χ2n) is 7.28. The summed E-state index contributed by atoms with van der Waals surface area (Å²) in [6.45, 7) is 1.95. The second-order valence-corrected chi connectivity index (χ2v) is 7.28. The second kappa shape index (κ2) is 7.11. The summed E-state index contributed by atoms with van der Waals surface area (Å²) in [5.41, 5.74) is 2.28. The molecule has 0 spiro atoms. The highest BCUT2D eigenvalue weighted by atomic mass is 16.5. The third-order valence-electron chi connectivity index (χ3n) is 5.55. The lowest BCUT2D eigenvalue weighted by atomic mass is 9.88. The molecule has 0 aliphatic carbocycles. The van der Waals surface area contributed by atoms with Crippen molar-refractivity contribution in [3.05, 3.63) is 47.3 Å². The first-order valence-corrected chi connectivity index (χ1v) is 9.39. The molecule has 3 heterocycles. The average molecular weight is 355 g/mol. The number of rotatable bonds is 4. The van der Waals surface area contributed by atoms with Crippen LogP contribution < -0.4 is 4.74 Å². The van der Waals surface area contributed by atoms with Gasteiger partial charge in [0.1, 0.15) is 11.4 Å². The van der Waals surface area contributed by atoms with E-state index < -0.39 is 5.60 Å². The number of nitrogens with one attached hydrogen (secondary N) is 1. The molecule has 2 N–H and O–H groups in total. The van der Waals surface area contributed by atoms with Gasteiger partial charge in [-0.25, -0.2) is 0 Å². The number of aliphatic hydroxyl groups is 1. The topological polar surface area (TPSA) is 78.4 Å². The van der Waals surface area contributed by atoms with Crippen molar-refractivity contribution in [3.8, 4) is 5.75 Å². The van der Waals surface area contributed by atoms with Crippen molar-refractivity contribution in [1.29, 1.82) is 0 Å². The number of aromatic nitrogens is 2. The van der Waals surface area contributed by atoms with Crippen LogP contribution in [0.3, 0.4) is 0 Å². The highest BCUT2D eigenvalue weighted by Crippen LogP contribution is 2.31. The van der Waals surface area contributed by atoms with Gasteiger partial charge in [0.2, 0.25) is 5.91 Å². The number of carbonyl (C=O) groups excluding carboxylic acids is 1. The van der Waals surface area contributed by atoms with Crippen LogP contribution in [0.15, 0.2) is 30.5 Å². The summed E-state index contributed by atoms with van der Waals surface area (Å²) in [6, 6.07) is 8.07. The molecule has 0 bridgehead atoms. The summed E-state index contributed by atoms with van der Waals surface area (Å²) in [5.74, 6) is 1.14. The van der Waals surface area contributed by atoms with E-state index in [1.165, 1.54) is 11.1 Å². The van der Waals surface area contributed by atoms with Crippen LogP contribution >= 0.6 is 0 Å². The summed E-state index contributed by atoms with van der Waals surface area (Å²) in [4.78, 5) is 14.4. The molecule has 1 saturated heterocycles. The number of carbonyl (C=O) groups is 1. The highest BCUT2D eigenvalue weighted by Gasteiger charge is 2.36. The van der Waals surface area contributed by atoms with E-state index in [9.17, 15) is 9.90 Å². The molecule has 1 aromatic heterocycles. The number of hydrogen-bond acceptors (Lipinski definition) is 4. The van der Waals surface area contributed by atoms with Crippen molar-refractivity contribution in [1.82, 2.24) is 15.1 Å². The first kappa shape index (κ1) is 17.1. The zero-order chi connectivity index (χ0) is 18.0. The fourth-order valence-corrected chi connectivity index (χ4v) is 3.89. The Morgan fingerprint density at radius 1 is 1.31 bits per heavy atom. The minimum absolute atomic E-state index is 0.158. The molecular formula is C20H25N3O3. The molecule has 2 aliphatic heterocycles. The van der Waals surface area contributed by atoms with Gasteiger partial charge in [0, 0.05) is 25.7 Å². The van der Waals surface area contributed by atoms with E-state index in [1.807, 2.05) is 11.0 Å². The van der Waals surface area contributed by atoms with E-state index in [2.05, 4.69) is 22.3 Å². The first-order valence-electron chi connectivity index (χ1n) is 9.39. The highest BCUT2D eigenvalue weighted by molar-refractivity contribution is 5.76. The Kier molecular flexibility index (Phi) is 4.68. The monoisotopic (exact) mass is 355 g/mol. The Bertz CT molecular complexity index is 765. The number of aryl methyl sites for hydroxylation is 2. The van der Waals surface area contributed by atoms with Gasteiger partial charge in [-0.3, -0.25) is 9.89 Å². The zero-order valence-corrected chi connectivity index (χ0v) is 14.9. The molecule has 0 radical (unpaired) electrons. The van der Waals surface area contributed by atoms with Gasteiger partial charge >= 0.3 is 0 Å². The summed E-state index contributed by atoms with van der Waals surface area (Å²) in [7, 11) is 0. The lowest BCUT2D eigenvalue weighted by Crippen LogP contribution is -2.45. The lowest BCUT2D eigenvalue weighted by molar-refractivity contribution is -0.135. The SMILES string of the molecule is O=C(CCc1ccc2c(c1)CCCO2)N1CCC(O)(c2ccn[nH]2)CC1. The van der Waals surface area contributed by atoms with Gasteiger partial charge in [0.15, 0.2) is 0 Å². The van der Waals surface area contributed by atoms with E-state index in [0.717, 1.165) is 37.3 Å². The number of piperidine rings is 1. The average Bonchev–Trinajstić information content (AvgIpc) is 3.22. The van der Waals surface area contributed by atoms with Gasteiger partial charge in [-0.1, -0.05) is 12.1 Å². The third-order valence-corrected chi connectivity index (χ3v) is 5.55. The number of aromatic amines is 1. The summed E-state index contributed by atoms with van der Waals surface area (Å²) < 4.78 is 5.64. The maximum Gasteiger partial charge on any atom is 0.222 e. The summed E-state index contributed by atoms with van der Waals surface area (Å²) in [5, 5.41) is 17.5. The summed E-state index contributed by atoms with van der Waals surface area (Å²) >= 11 is 0. The summed E-state index contributed by atoms with van der Waals surface area (Å²) in [6.07, 6.45) is 6.08. The molecule has 1 amide bonds.